The van der Waals surface area contributed by atoms with Crippen molar-refractivity contribution in [1.82, 2.24) is 9.88 Å². The SMILES string of the molecule is CC(C)(C)c1cc(C(=O)N2CCC(C(=O)O)C2)cc(Cl)n1. The molecule has 1 amide bonds. The first-order chi connectivity index (χ1) is 9.68. The van der Waals surface area contributed by atoms with Crippen LogP contribution >= 0.6 is 11.6 Å². The second-order valence-corrected chi connectivity index (χ2v) is 6.78. The maximum atomic E-state index is 12.5. The quantitative estimate of drug-likeness (QED) is 0.852. The van der Waals surface area contributed by atoms with Crippen LogP contribution in [0.25, 0.3) is 0 Å². The normalized spacial score (nSPS) is 18.9. The van der Waals surface area contributed by atoms with Gasteiger partial charge in [-0.3, -0.25) is 9.59 Å². The summed E-state index contributed by atoms with van der Waals surface area (Å²) in [5.41, 5.74) is 0.993. The Kier molecular flexibility index (Phi) is 4.23. The Hall–Kier alpha value is -1.62. The molecule has 21 heavy (non-hydrogen) atoms. The summed E-state index contributed by atoms with van der Waals surface area (Å²) in [6, 6.07) is 3.27. The number of rotatable bonds is 2. The van der Waals surface area contributed by atoms with Gasteiger partial charge in [-0.05, 0) is 18.6 Å². The Bertz CT molecular complexity index is 581. The molecule has 2 rings (SSSR count). The monoisotopic (exact) mass is 310 g/mol. The summed E-state index contributed by atoms with van der Waals surface area (Å²) in [4.78, 5) is 29.3. The van der Waals surface area contributed by atoms with Crippen molar-refractivity contribution in [2.24, 2.45) is 5.92 Å². The molecule has 0 aliphatic carbocycles. The molecule has 0 bridgehead atoms. The molecular weight excluding hydrogens is 292 g/mol. The topological polar surface area (TPSA) is 70.5 Å². The van der Waals surface area contributed by atoms with Gasteiger partial charge in [-0.25, -0.2) is 4.98 Å². The zero-order valence-electron chi connectivity index (χ0n) is 12.4. The van der Waals surface area contributed by atoms with E-state index in [-0.39, 0.29) is 23.0 Å². The van der Waals surface area contributed by atoms with E-state index < -0.39 is 11.9 Å². The van der Waals surface area contributed by atoms with E-state index in [0.717, 1.165) is 5.69 Å². The first-order valence-corrected chi connectivity index (χ1v) is 7.26. The van der Waals surface area contributed by atoms with Crippen molar-refractivity contribution in [3.8, 4) is 0 Å². The van der Waals surface area contributed by atoms with Gasteiger partial charge in [-0.15, -0.1) is 0 Å². The van der Waals surface area contributed by atoms with Gasteiger partial charge >= 0.3 is 5.97 Å². The number of pyridine rings is 1. The summed E-state index contributed by atoms with van der Waals surface area (Å²) in [5, 5.41) is 9.29. The number of aromatic nitrogens is 1. The van der Waals surface area contributed by atoms with Crippen LogP contribution in [0.4, 0.5) is 0 Å². The molecule has 2 heterocycles. The minimum atomic E-state index is -0.853. The van der Waals surface area contributed by atoms with Gasteiger partial charge in [0.25, 0.3) is 5.91 Å². The molecule has 1 saturated heterocycles. The van der Waals surface area contributed by atoms with E-state index in [9.17, 15) is 9.59 Å². The number of aliphatic carboxylic acids is 1. The van der Waals surface area contributed by atoms with E-state index in [1.54, 1.807) is 11.0 Å². The Labute approximate surface area is 128 Å². The predicted octanol–water partition coefficient (Wildman–Crippen LogP) is 2.58. The lowest BCUT2D eigenvalue weighted by Crippen LogP contribution is -2.30. The highest BCUT2D eigenvalue weighted by atomic mass is 35.5. The molecule has 1 atom stereocenters. The van der Waals surface area contributed by atoms with Gasteiger partial charge in [0.1, 0.15) is 5.15 Å². The predicted molar refractivity (Wildman–Crippen MR) is 79.6 cm³/mol. The van der Waals surface area contributed by atoms with Crippen molar-refractivity contribution < 1.29 is 14.7 Å². The second-order valence-electron chi connectivity index (χ2n) is 6.39. The number of carbonyl (C=O) groups is 2. The lowest BCUT2D eigenvalue weighted by molar-refractivity contribution is -0.141. The van der Waals surface area contributed by atoms with Gasteiger partial charge in [-0.1, -0.05) is 32.4 Å². The number of carboxylic acid groups (broad SMARTS) is 1. The summed E-state index contributed by atoms with van der Waals surface area (Å²) in [5.74, 6) is -1.52. The molecule has 1 aromatic heterocycles. The molecule has 0 spiro atoms. The van der Waals surface area contributed by atoms with E-state index in [2.05, 4.69) is 4.98 Å². The van der Waals surface area contributed by atoms with Crippen LogP contribution in [0.15, 0.2) is 12.1 Å². The number of halogens is 1. The molecule has 0 radical (unpaired) electrons. The molecular formula is C15H19ClN2O3. The van der Waals surface area contributed by atoms with Crippen LogP contribution in [0.1, 0.15) is 43.2 Å². The average Bonchev–Trinajstić information content (AvgIpc) is 2.85. The summed E-state index contributed by atoms with van der Waals surface area (Å²) in [6.45, 7) is 6.70. The van der Waals surface area contributed by atoms with Gasteiger partial charge in [0, 0.05) is 29.8 Å². The summed E-state index contributed by atoms with van der Waals surface area (Å²) in [6.07, 6.45) is 0.492. The van der Waals surface area contributed by atoms with Crippen LogP contribution < -0.4 is 0 Å². The minimum Gasteiger partial charge on any atom is -0.481 e. The fourth-order valence-electron chi connectivity index (χ4n) is 2.33. The van der Waals surface area contributed by atoms with E-state index in [0.29, 0.717) is 18.5 Å². The second kappa shape index (κ2) is 5.64. The Morgan fingerprint density at radius 2 is 2.05 bits per heavy atom. The smallest absolute Gasteiger partial charge is 0.308 e. The van der Waals surface area contributed by atoms with Crippen LogP contribution in [0.3, 0.4) is 0 Å². The van der Waals surface area contributed by atoms with Crippen molar-refractivity contribution in [3.63, 3.8) is 0 Å². The minimum absolute atomic E-state index is 0.187. The number of hydrogen-bond acceptors (Lipinski definition) is 3. The Balaban J connectivity index is 2.24. The van der Waals surface area contributed by atoms with Crippen LogP contribution in [0.2, 0.25) is 5.15 Å². The standard InChI is InChI=1S/C15H19ClN2O3/c1-15(2,3)11-6-10(7-12(16)17-11)13(19)18-5-4-9(8-18)14(20)21/h6-7,9H,4-5,8H2,1-3H3,(H,20,21). The van der Waals surface area contributed by atoms with Crippen molar-refractivity contribution in [2.45, 2.75) is 32.6 Å². The van der Waals surface area contributed by atoms with Gasteiger partial charge in [0.2, 0.25) is 0 Å². The highest BCUT2D eigenvalue weighted by Gasteiger charge is 2.32. The van der Waals surface area contributed by atoms with Crippen molar-refractivity contribution in [2.75, 3.05) is 13.1 Å². The molecule has 6 heteroatoms. The first-order valence-electron chi connectivity index (χ1n) is 6.88. The molecule has 1 aliphatic rings. The highest BCUT2D eigenvalue weighted by Crippen LogP contribution is 2.25. The fourth-order valence-corrected chi connectivity index (χ4v) is 2.54. The number of amides is 1. The number of nitrogens with zero attached hydrogens (tertiary/aromatic N) is 2. The third-order valence-electron chi connectivity index (χ3n) is 3.63. The number of likely N-dealkylation sites (tertiary alicyclic amines) is 1. The molecule has 1 aromatic rings. The van der Waals surface area contributed by atoms with Gasteiger partial charge in [-0.2, -0.15) is 0 Å². The van der Waals surface area contributed by atoms with Crippen LogP contribution in [0, 0.1) is 5.92 Å². The number of carbonyl (C=O) groups excluding carboxylic acids is 1. The van der Waals surface area contributed by atoms with Crippen molar-refractivity contribution in [3.05, 3.63) is 28.5 Å². The zero-order valence-corrected chi connectivity index (χ0v) is 13.1. The third-order valence-corrected chi connectivity index (χ3v) is 3.83. The van der Waals surface area contributed by atoms with E-state index in [4.69, 9.17) is 16.7 Å². The molecule has 0 saturated carbocycles. The zero-order chi connectivity index (χ0) is 15.8. The summed E-state index contributed by atoms with van der Waals surface area (Å²) < 4.78 is 0. The van der Waals surface area contributed by atoms with Crippen molar-refractivity contribution >= 4 is 23.5 Å². The van der Waals surface area contributed by atoms with Crippen LogP contribution in [-0.4, -0.2) is 40.0 Å². The summed E-state index contributed by atoms with van der Waals surface area (Å²) in [7, 11) is 0. The molecule has 1 aliphatic heterocycles. The van der Waals surface area contributed by atoms with Crippen molar-refractivity contribution in [1.29, 1.82) is 0 Å². The van der Waals surface area contributed by atoms with Gasteiger partial charge in [0.05, 0.1) is 5.92 Å². The molecule has 5 nitrogen and oxygen atoms in total. The third kappa shape index (κ3) is 3.53. The van der Waals surface area contributed by atoms with E-state index >= 15 is 0 Å². The maximum absolute atomic E-state index is 12.5. The molecule has 114 valence electrons. The summed E-state index contributed by atoms with van der Waals surface area (Å²) >= 11 is 6.01. The van der Waals surface area contributed by atoms with Gasteiger partial charge in [0.15, 0.2) is 0 Å². The number of hydrogen-bond donors (Lipinski definition) is 1. The van der Waals surface area contributed by atoms with E-state index in [1.807, 2.05) is 20.8 Å². The average molecular weight is 311 g/mol. The van der Waals surface area contributed by atoms with E-state index in [1.165, 1.54) is 6.07 Å². The lowest BCUT2D eigenvalue weighted by Gasteiger charge is -2.20. The molecule has 1 N–H and O–H groups in total. The maximum Gasteiger partial charge on any atom is 0.308 e. The lowest BCUT2D eigenvalue weighted by atomic mass is 9.91. The highest BCUT2D eigenvalue weighted by molar-refractivity contribution is 6.29. The first kappa shape index (κ1) is 15.8. The molecule has 1 fully saturated rings. The number of carboxylic acids is 1. The van der Waals surface area contributed by atoms with Gasteiger partial charge < -0.3 is 10.0 Å². The van der Waals surface area contributed by atoms with Crippen LogP contribution in [0.5, 0.6) is 0 Å². The Morgan fingerprint density at radius 1 is 1.38 bits per heavy atom. The molecule has 0 aromatic carbocycles. The molecule has 1 unspecified atom stereocenters. The largest absolute Gasteiger partial charge is 0.481 e. The fraction of sp³-hybridized carbons (Fsp3) is 0.533. The Morgan fingerprint density at radius 3 is 2.57 bits per heavy atom. The van der Waals surface area contributed by atoms with Crippen LogP contribution in [-0.2, 0) is 10.2 Å².